The summed E-state index contributed by atoms with van der Waals surface area (Å²) in [6.07, 6.45) is 0.827. The fourth-order valence-corrected chi connectivity index (χ4v) is 4.39. The van der Waals surface area contributed by atoms with Crippen molar-refractivity contribution in [2.24, 2.45) is 5.73 Å². The van der Waals surface area contributed by atoms with Gasteiger partial charge in [0.25, 0.3) is 0 Å². The maximum atomic E-state index is 12.4. The van der Waals surface area contributed by atoms with Crippen LogP contribution in [0.2, 0.25) is 0 Å². The second-order valence-electron chi connectivity index (χ2n) is 4.61. The van der Waals surface area contributed by atoms with Crippen molar-refractivity contribution in [3.63, 3.8) is 0 Å². The third-order valence-corrected chi connectivity index (χ3v) is 5.89. The van der Waals surface area contributed by atoms with Crippen LogP contribution in [0, 0.1) is 0 Å². The monoisotopic (exact) mass is 305 g/mol. The van der Waals surface area contributed by atoms with Crippen molar-refractivity contribution in [3.8, 4) is 0 Å². The average molecular weight is 305 g/mol. The Labute approximate surface area is 120 Å². The van der Waals surface area contributed by atoms with Gasteiger partial charge in [0.1, 0.15) is 0 Å². The smallest absolute Gasteiger partial charge is 0.243 e. The normalized spacial score (nSPS) is 12.5. The minimum Gasteiger partial charge on any atom is -0.326 e. The summed E-state index contributed by atoms with van der Waals surface area (Å²) in [5, 5.41) is 1.67. The lowest BCUT2D eigenvalue weighted by molar-refractivity contribution is 0.356. The highest BCUT2D eigenvalue weighted by atomic mass is 32.2. The van der Waals surface area contributed by atoms with Gasteiger partial charge in [0.15, 0.2) is 0 Å². The van der Waals surface area contributed by atoms with Gasteiger partial charge in [-0.2, -0.15) is 4.31 Å². The van der Waals surface area contributed by atoms with Crippen LogP contribution in [0.1, 0.15) is 18.2 Å². The number of nitrogens with two attached hydrogens (primary N) is 1. The summed E-state index contributed by atoms with van der Waals surface area (Å²) in [5.74, 6) is 0. The van der Waals surface area contributed by atoms with E-state index in [0.717, 1.165) is 17.8 Å². The molecule has 0 saturated carbocycles. The van der Waals surface area contributed by atoms with Crippen LogP contribution in [0.25, 0.3) is 0 Å². The summed E-state index contributed by atoms with van der Waals surface area (Å²) in [4.78, 5) is 3.31. The fraction of sp³-hybridized carbons (Fsp3) is 0.667. The molecular weight excluding hydrogens is 282 g/mol. The first kappa shape index (κ1) is 16.6. The summed E-state index contributed by atoms with van der Waals surface area (Å²) in [6.45, 7) is 4.16. The van der Waals surface area contributed by atoms with E-state index in [4.69, 9.17) is 5.73 Å². The summed E-state index contributed by atoms with van der Waals surface area (Å²) in [5.41, 5.74) is 5.53. The third kappa shape index (κ3) is 4.54. The van der Waals surface area contributed by atoms with Gasteiger partial charge in [0.2, 0.25) is 10.0 Å². The van der Waals surface area contributed by atoms with E-state index in [9.17, 15) is 8.42 Å². The van der Waals surface area contributed by atoms with E-state index in [0.29, 0.717) is 24.5 Å². The largest absolute Gasteiger partial charge is 0.326 e. The van der Waals surface area contributed by atoms with Gasteiger partial charge >= 0.3 is 0 Å². The maximum Gasteiger partial charge on any atom is 0.243 e. The molecule has 1 aromatic rings. The van der Waals surface area contributed by atoms with Crippen LogP contribution in [-0.4, -0.2) is 51.4 Å². The molecule has 0 radical (unpaired) electrons. The molecule has 19 heavy (non-hydrogen) atoms. The lowest BCUT2D eigenvalue weighted by atomic mass is 10.4. The van der Waals surface area contributed by atoms with Gasteiger partial charge in [-0.25, -0.2) is 8.42 Å². The van der Waals surface area contributed by atoms with E-state index in [1.807, 2.05) is 21.0 Å². The zero-order chi connectivity index (χ0) is 14.5. The van der Waals surface area contributed by atoms with Crippen LogP contribution < -0.4 is 5.73 Å². The molecule has 0 saturated heterocycles. The van der Waals surface area contributed by atoms with Crippen molar-refractivity contribution >= 4 is 21.4 Å². The van der Waals surface area contributed by atoms with Crippen LogP contribution in [0.4, 0.5) is 0 Å². The van der Waals surface area contributed by atoms with Gasteiger partial charge in [0.05, 0.1) is 4.90 Å². The Kier molecular flexibility index (Phi) is 6.41. The second-order valence-corrected chi connectivity index (χ2v) is 7.54. The number of thiophene rings is 1. The predicted octanol–water partition coefficient (Wildman–Crippen LogP) is 1.17. The summed E-state index contributed by atoms with van der Waals surface area (Å²) < 4.78 is 26.4. The van der Waals surface area contributed by atoms with Crippen molar-refractivity contribution in [1.29, 1.82) is 0 Å². The Bertz CT molecular complexity index is 483. The van der Waals surface area contributed by atoms with E-state index in [-0.39, 0.29) is 0 Å². The van der Waals surface area contributed by atoms with Crippen molar-refractivity contribution < 1.29 is 8.42 Å². The minimum absolute atomic E-state index is 0.365. The fourth-order valence-electron chi connectivity index (χ4n) is 1.76. The standard InChI is InChI=1S/C12H23N3O2S2/c1-4-15(7-5-6-14(2)3)19(16,17)12-8-11(9-13)18-10-12/h8,10H,4-7,9,13H2,1-3H3. The molecule has 0 aliphatic rings. The van der Waals surface area contributed by atoms with Crippen molar-refractivity contribution in [1.82, 2.24) is 9.21 Å². The Morgan fingerprint density at radius 1 is 1.32 bits per heavy atom. The first-order valence-corrected chi connectivity index (χ1v) is 8.66. The average Bonchev–Trinajstić information content (AvgIpc) is 2.83. The molecule has 0 aliphatic carbocycles. The van der Waals surface area contributed by atoms with E-state index >= 15 is 0 Å². The quantitative estimate of drug-likeness (QED) is 0.783. The van der Waals surface area contributed by atoms with Crippen LogP contribution in [-0.2, 0) is 16.6 Å². The highest BCUT2D eigenvalue weighted by molar-refractivity contribution is 7.89. The minimum atomic E-state index is -3.37. The summed E-state index contributed by atoms with van der Waals surface area (Å²) >= 11 is 1.39. The van der Waals surface area contributed by atoms with Crippen LogP contribution in [0.5, 0.6) is 0 Å². The molecule has 0 bridgehead atoms. The molecule has 1 rings (SSSR count). The summed E-state index contributed by atoms with van der Waals surface area (Å²) in [6, 6.07) is 1.68. The van der Waals surface area contributed by atoms with Crippen LogP contribution >= 0.6 is 11.3 Å². The van der Waals surface area contributed by atoms with Crippen molar-refractivity contribution in [2.75, 3.05) is 33.7 Å². The Morgan fingerprint density at radius 3 is 2.47 bits per heavy atom. The second kappa shape index (κ2) is 7.35. The molecule has 0 amide bonds. The number of rotatable bonds is 8. The molecule has 0 aromatic carbocycles. The Morgan fingerprint density at radius 2 is 2.00 bits per heavy atom. The topological polar surface area (TPSA) is 66.6 Å². The van der Waals surface area contributed by atoms with E-state index in [1.165, 1.54) is 15.6 Å². The molecule has 0 spiro atoms. The molecule has 0 fully saturated rings. The van der Waals surface area contributed by atoms with E-state index in [1.54, 1.807) is 11.4 Å². The van der Waals surface area contributed by atoms with Gasteiger partial charge in [0, 0.05) is 29.9 Å². The van der Waals surface area contributed by atoms with E-state index in [2.05, 4.69) is 4.90 Å². The molecule has 110 valence electrons. The molecule has 0 aliphatic heterocycles. The predicted molar refractivity (Wildman–Crippen MR) is 79.8 cm³/mol. The van der Waals surface area contributed by atoms with Gasteiger partial charge in [-0.05, 0) is 33.1 Å². The molecule has 2 N–H and O–H groups in total. The number of hydrogen-bond donors (Lipinski definition) is 1. The molecular formula is C12H23N3O2S2. The highest BCUT2D eigenvalue weighted by Gasteiger charge is 2.23. The van der Waals surface area contributed by atoms with Crippen molar-refractivity contribution in [2.45, 2.75) is 24.8 Å². The number of nitrogens with zero attached hydrogens (tertiary/aromatic N) is 2. The van der Waals surface area contributed by atoms with Crippen LogP contribution in [0.15, 0.2) is 16.3 Å². The Hall–Kier alpha value is -0.470. The molecule has 0 atom stereocenters. The lowest BCUT2D eigenvalue weighted by Crippen LogP contribution is -2.33. The third-order valence-electron chi connectivity index (χ3n) is 2.83. The van der Waals surface area contributed by atoms with Crippen molar-refractivity contribution in [3.05, 3.63) is 16.3 Å². The van der Waals surface area contributed by atoms with Gasteiger partial charge in [-0.3, -0.25) is 0 Å². The zero-order valence-electron chi connectivity index (χ0n) is 11.8. The first-order valence-electron chi connectivity index (χ1n) is 6.34. The number of sulfonamides is 1. The SMILES string of the molecule is CCN(CCCN(C)C)S(=O)(=O)c1csc(CN)c1. The zero-order valence-corrected chi connectivity index (χ0v) is 13.4. The first-order chi connectivity index (χ1) is 8.91. The molecule has 0 unspecified atom stereocenters. The number of hydrogen-bond acceptors (Lipinski definition) is 5. The highest BCUT2D eigenvalue weighted by Crippen LogP contribution is 2.22. The molecule has 1 heterocycles. The van der Waals surface area contributed by atoms with Gasteiger partial charge in [-0.1, -0.05) is 6.92 Å². The van der Waals surface area contributed by atoms with Gasteiger partial charge in [-0.15, -0.1) is 11.3 Å². The maximum absolute atomic E-state index is 12.4. The molecule has 7 heteroatoms. The Balaban J connectivity index is 2.77. The van der Waals surface area contributed by atoms with Crippen LogP contribution in [0.3, 0.4) is 0 Å². The molecule has 5 nitrogen and oxygen atoms in total. The lowest BCUT2D eigenvalue weighted by Gasteiger charge is -2.20. The van der Waals surface area contributed by atoms with E-state index < -0.39 is 10.0 Å². The van der Waals surface area contributed by atoms with Gasteiger partial charge < -0.3 is 10.6 Å². The molecule has 1 aromatic heterocycles. The summed E-state index contributed by atoms with van der Waals surface area (Å²) in [7, 11) is 0.598.